The Balaban J connectivity index is 0.000000782. The van der Waals surface area contributed by atoms with E-state index in [0.29, 0.717) is 25.4 Å². The first kappa shape index (κ1) is 34.6. The molecular formula is C28H37F3N4O6S. The zero-order chi connectivity index (χ0) is 31.2. The minimum atomic E-state index is -5.08. The van der Waals surface area contributed by atoms with Crippen molar-refractivity contribution in [3.63, 3.8) is 0 Å². The molecule has 2 aromatic rings. The SMILES string of the molecule is CCCCOc1ccc(S(=O)(=O)CNCCC(=O)N(C)CCc2ccc(C3=NCCN3)cc2)cc1.O=C(O)C(F)(F)F. The normalized spacial score (nSPS) is 12.9. The second-order valence-corrected chi connectivity index (χ2v) is 11.4. The van der Waals surface area contributed by atoms with Gasteiger partial charge in [-0.3, -0.25) is 9.79 Å². The van der Waals surface area contributed by atoms with E-state index in [1.165, 1.54) is 0 Å². The summed E-state index contributed by atoms with van der Waals surface area (Å²) in [7, 11) is -1.71. The molecule has 0 fully saturated rings. The van der Waals surface area contributed by atoms with Gasteiger partial charge in [0, 0.05) is 38.7 Å². The number of amidine groups is 1. The number of hydrogen-bond donors (Lipinski definition) is 3. The predicted octanol–water partition coefficient (Wildman–Crippen LogP) is 3.26. The summed E-state index contributed by atoms with van der Waals surface area (Å²) < 4.78 is 62.4. The number of halogens is 3. The molecule has 0 atom stereocenters. The number of benzene rings is 2. The number of rotatable bonds is 14. The largest absolute Gasteiger partial charge is 0.494 e. The molecule has 0 saturated heterocycles. The molecule has 0 aliphatic carbocycles. The number of alkyl halides is 3. The Labute approximate surface area is 243 Å². The monoisotopic (exact) mass is 614 g/mol. The van der Waals surface area contributed by atoms with E-state index in [1.807, 2.05) is 12.1 Å². The van der Waals surface area contributed by atoms with Crippen LogP contribution in [0.3, 0.4) is 0 Å². The van der Waals surface area contributed by atoms with Crippen molar-refractivity contribution >= 4 is 27.5 Å². The molecule has 1 aliphatic rings. The van der Waals surface area contributed by atoms with Crippen LogP contribution in [0, 0.1) is 0 Å². The Morgan fingerprint density at radius 2 is 1.76 bits per heavy atom. The quantitative estimate of drug-likeness (QED) is 0.276. The number of carbonyl (C=O) groups is 2. The smallest absolute Gasteiger partial charge is 0.490 e. The third kappa shape index (κ3) is 12.1. The maximum atomic E-state index is 12.5. The average molecular weight is 615 g/mol. The minimum Gasteiger partial charge on any atom is -0.494 e. The van der Waals surface area contributed by atoms with Crippen LogP contribution in [0.1, 0.15) is 37.3 Å². The Kier molecular flexibility index (Phi) is 13.7. The van der Waals surface area contributed by atoms with Gasteiger partial charge < -0.3 is 25.4 Å². The van der Waals surface area contributed by atoms with E-state index in [4.69, 9.17) is 14.6 Å². The third-order valence-electron chi connectivity index (χ3n) is 6.06. The van der Waals surface area contributed by atoms with Crippen LogP contribution < -0.4 is 15.4 Å². The van der Waals surface area contributed by atoms with Crippen molar-refractivity contribution in [1.29, 1.82) is 0 Å². The van der Waals surface area contributed by atoms with Crippen molar-refractivity contribution in [1.82, 2.24) is 15.5 Å². The Morgan fingerprint density at radius 1 is 1.12 bits per heavy atom. The van der Waals surface area contributed by atoms with Gasteiger partial charge in [0.25, 0.3) is 0 Å². The maximum absolute atomic E-state index is 12.5. The van der Waals surface area contributed by atoms with E-state index in [0.717, 1.165) is 49.3 Å². The highest BCUT2D eigenvalue weighted by atomic mass is 32.2. The first-order chi connectivity index (χ1) is 19.8. The van der Waals surface area contributed by atoms with Gasteiger partial charge in [0.1, 0.15) is 17.5 Å². The lowest BCUT2D eigenvalue weighted by Gasteiger charge is -2.17. The summed E-state index contributed by atoms with van der Waals surface area (Å²) in [5.74, 6) is -1.40. The van der Waals surface area contributed by atoms with Crippen LogP contribution in [-0.4, -0.2) is 88.0 Å². The van der Waals surface area contributed by atoms with Crippen LogP contribution in [0.5, 0.6) is 5.75 Å². The summed E-state index contributed by atoms with van der Waals surface area (Å²) in [6.45, 7) is 5.29. The highest BCUT2D eigenvalue weighted by Gasteiger charge is 2.38. The van der Waals surface area contributed by atoms with Crippen molar-refractivity contribution in [3.8, 4) is 5.75 Å². The van der Waals surface area contributed by atoms with Gasteiger partial charge in [-0.2, -0.15) is 13.2 Å². The number of aliphatic carboxylic acids is 1. The molecular weight excluding hydrogens is 577 g/mol. The van der Waals surface area contributed by atoms with Gasteiger partial charge in [-0.1, -0.05) is 37.6 Å². The summed E-state index contributed by atoms with van der Waals surface area (Å²) in [4.78, 5) is 27.7. The van der Waals surface area contributed by atoms with Crippen LogP contribution >= 0.6 is 0 Å². The fraction of sp³-hybridized carbons (Fsp3) is 0.464. The summed E-state index contributed by atoms with van der Waals surface area (Å²) in [6, 6.07) is 14.7. The minimum absolute atomic E-state index is 0.0235. The molecule has 3 N–H and O–H groups in total. The number of nitrogens with one attached hydrogen (secondary N) is 2. The van der Waals surface area contributed by atoms with Gasteiger partial charge in [0.05, 0.1) is 18.0 Å². The van der Waals surface area contributed by atoms with Crippen molar-refractivity contribution in [3.05, 3.63) is 59.7 Å². The zero-order valence-corrected chi connectivity index (χ0v) is 24.4. The van der Waals surface area contributed by atoms with Crippen LogP contribution in [0.4, 0.5) is 13.2 Å². The number of amides is 1. The molecule has 0 radical (unpaired) electrons. The predicted molar refractivity (Wildman–Crippen MR) is 152 cm³/mol. The summed E-state index contributed by atoms with van der Waals surface area (Å²) in [5.41, 5.74) is 2.23. The molecule has 1 aliphatic heterocycles. The van der Waals surface area contributed by atoms with Gasteiger partial charge in [-0.15, -0.1) is 0 Å². The molecule has 10 nitrogen and oxygen atoms in total. The van der Waals surface area contributed by atoms with E-state index in [9.17, 15) is 26.4 Å². The molecule has 0 aromatic heterocycles. The lowest BCUT2D eigenvalue weighted by atomic mass is 10.1. The number of hydrogen-bond acceptors (Lipinski definition) is 8. The summed E-state index contributed by atoms with van der Waals surface area (Å²) in [6.07, 6.45) is -2.10. The van der Waals surface area contributed by atoms with Gasteiger partial charge in [-0.05, 0) is 42.7 Å². The average Bonchev–Trinajstić information content (AvgIpc) is 3.50. The van der Waals surface area contributed by atoms with Crippen LogP contribution in [0.2, 0.25) is 0 Å². The lowest BCUT2D eigenvalue weighted by Crippen LogP contribution is -2.32. The van der Waals surface area contributed by atoms with Crippen molar-refractivity contribution < 1.29 is 41.0 Å². The van der Waals surface area contributed by atoms with Crippen molar-refractivity contribution in [2.45, 2.75) is 43.7 Å². The van der Waals surface area contributed by atoms with Crippen LogP contribution in [-0.2, 0) is 25.8 Å². The number of carboxylic acid groups (broad SMARTS) is 1. The first-order valence-corrected chi connectivity index (χ1v) is 15.1. The molecule has 0 spiro atoms. The van der Waals surface area contributed by atoms with Gasteiger partial charge in [0.2, 0.25) is 5.91 Å². The first-order valence-electron chi connectivity index (χ1n) is 13.4. The van der Waals surface area contributed by atoms with E-state index in [1.54, 1.807) is 36.2 Å². The molecule has 1 heterocycles. The molecule has 14 heteroatoms. The second kappa shape index (κ2) is 16.7. The van der Waals surface area contributed by atoms with E-state index in [2.05, 4.69) is 34.7 Å². The number of carboxylic acids is 1. The summed E-state index contributed by atoms with van der Waals surface area (Å²) in [5, 5.41) is 13.3. The van der Waals surface area contributed by atoms with Crippen molar-refractivity contribution in [2.75, 3.05) is 45.7 Å². The molecule has 0 unspecified atom stereocenters. The van der Waals surface area contributed by atoms with E-state index < -0.39 is 22.0 Å². The number of aliphatic imine (C=N–C) groups is 1. The van der Waals surface area contributed by atoms with E-state index >= 15 is 0 Å². The Hall–Kier alpha value is -3.65. The van der Waals surface area contributed by atoms with Crippen molar-refractivity contribution in [2.24, 2.45) is 4.99 Å². The molecule has 3 rings (SSSR count). The number of ether oxygens (including phenoxy) is 1. The maximum Gasteiger partial charge on any atom is 0.490 e. The number of sulfone groups is 1. The number of nitrogens with zero attached hydrogens (tertiary/aromatic N) is 2. The highest BCUT2D eigenvalue weighted by Crippen LogP contribution is 2.17. The van der Waals surface area contributed by atoms with Gasteiger partial charge in [-0.25, -0.2) is 13.2 Å². The molecule has 232 valence electrons. The number of likely N-dealkylation sites (N-methyl/N-ethyl adjacent to an activating group) is 1. The van der Waals surface area contributed by atoms with E-state index in [-0.39, 0.29) is 23.1 Å². The topological polar surface area (TPSA) is 137 Å². The van der Waals surface area contributed by atoms with Crippen LogP contribution in [0.25, 0.3) is 0 Å². The fourth-order valence-corrected chi connectivity index (χ4v) is 4.73. The summed E-state index contributed by atoms with van der Waals surface area (Å²) >= 11 is 0. The highest BCUT2D eigenvalue weighted by molar-refractivity contribution is 7.91. The third-order valence-corrected chi connectivity index (χ3v) is 7.64. The molecule has 42 heavy (non-hydrogen) atoms. The van der Waals surface area contributed by atoms with Crippen LogP contribution in [0.15, 0.2) is 58.4 Å². The second-order valence-electron chi connectivity index (χ2n) is 9.40. The fourth-order valence-electron chi connectivity index (χ4n) is 3.60. The lowest BCUT2D eigenvalue weighted by molar-refractivity contribution is -0.192. The number of carbonyl (C=O) groups excluding carboxylic acids is 1. The molecule has 0 bridgehead atoms. The molecule has 0 saturated carbocycles. The molecule has 2 aromatic carbocycles. The Bertz CT molecular complexity index is 1280. The standard InChI is InChI=1S/C26H36N4O4S.C2HF3O2/c1-3-4-19-34-23-9-11-24(12-10-23)35(32,33)20-27-15-13-25(31)30(2)18-14-21-5-7-22(8-6-21)26-28-16-17-29-26;3-2(4,5)1(6)7/h5-12,27H,3-4,13-20H2,1-2H3,(H,28,29);(H,6,7). The molecule has 1 amide bonds. The van der Waals surface area contributed by atoms with Gasteiger partial charge in [0.15, 0.2) is 9.84 Å². The number of unbranched alkanes of at least 4 members (excludes halogenated alkanes) is 1. The Morgan fingerprint density at radius 3 is 2.31 bits per heavy atom. The van der Waals surface area contributed by atoms with Gasteiger partial charge >= 0.3 is 12.1 Å². The zero-order valence-electron chi connectivity index (χ0n) is 23.6.